The third kappa shape index (κ3) is 2.28. The predicted molar refractivity (Wildman–Crippen MR) is 66.7 cm³/mol. The minimum Gasteiger partial charge on any atom is -0.392 e. The van der Waals surface area contributed by atoms with Gasteiger partial charge in [0.25, 0.3) is 0 Å². The summed E-state index contributed by atoms with van der Waals surface area (Å²) in [6.07, 6.45) is 2.05. The molecule has 2 atom stereocenters. The number of hydrogen-bond donors (Lipinski definition) is 2. The maximum absolute atomic E-state index is 9.31. The summed E-state index contributed by atoms with van der Waals surface area (Å²) in [7, 11) is 0. The molecule has 1 aromatic carbocycles. The molecule has 0 saturated heterocycles. The summed E-state index contributed by atoms with van der Waals surface area (Å²) in [6, 6.07) is 4.98. The van der Waals surface area contributed by atoms with Crippen LogP contribution in [0.2, 0.25) is 0 Å². The van der Waals surface area contributed by atoms with Crippen molar-refractivity contribution in [3.05, 3.63) is 34.4 Å². The Morgan fingerprint density at radius 3 is 2.88 bits per heavy atom. The first-order chi connectivity index (χ1) is 7.58. The fourth-order valence-corrected chi connectivity index (χ4v) is 2.73. The summed E-state index contributed by atoms with van der Waals surface area (Å²) in [5.41, 5.74) is 5.69. The summed E-state index contributed by atoms with van der Waals surface area (Å²) in [6.45, 7) is 6.85. The van der Waals surface area contributed by atoms with E-state index >= 15 is 0 Å². The standard InChI is InChI=1S/C14H21NO/c1-9-6-10(2)14-12(7-9)4-5-13(14)15-8-11(3)16/h6-7,11,13,15-16H,4-5,8H2,1-3H3/t11-,13?/m1/s1. The van der Waals surface area contributed by atoms with Crippen LogP contribution in [0.15, 0.2) is 12.1 Å². The van der Waals surface area contributed by atoms with Crippen LogP contribution in [0.5, 0.6) is 0 Å². The molecule has 1 unspecified atom stereocenters. The largest absolute Gasteiger partial charge is 0.392 e. The van der Waals surface area contributed by atoms with E-state index in [0.717, 1.165) is 12.8 Å². The van der Waals surface area contributed by atoms with E-state index in [9.17, 15) is 5.11 Å². The van der Waals surface area contributed by atoms with Gasteiger partial charge in [0.1, 0.15) is 0 Å². The van der Waals surface area contributed by atoms with E-state index in [0.29, 0.717) is 12.6 Å². The summed E-state index contributed by atoms with van der Waals surface area (Å²) >= 11 is 0. The fraction of sp³-hybridized carbons (Fsp3) is 0.571. The molecule has 1 aromatic rings. The average Bonchev–Trinajstić information content (AvgIpc) is 2.57. The van der Waals surface area contributed by atoms with Crippen LogP contribution in [-0.4, -0.2) is 17.8 Å². The van der Waals surface area contributed by atoms with E-state index < -0.39 is 0 Å². The van der Waals surface area contributed by atoms with Crippen LogP contribution in [0.1, 0.15) is 41.6 Å². The molecule has 16 heavy (non-hydrogen) atoms. The molecule has 1 aliphatic rings. The summed E-state index contributed by atoms with van der Waals surface area (Å²) in [5.74, 6) is 0. The molecule has 0 spiro atoms. The van der Waals surface area contributed by atoms with Crippen LogP contribution in [0.3, 0.4) is 0 Å². The number of aliphatic hydroxyl groups excluding tert-OH is 1. The molecule has 0 fully saturated rings. The molecule has 2 rings (SSSR count). The van der Waals surface area contributed by atoms with Gasteiger partial charge in [-0.2, -0.15) is 0 Å². The molecule has 0 heterocycles. The predicted octanol–water partition coefficient (Wildman–Crippen LogP) is 2.26. The molecule has 2 nitrogen and oxygen atoms in total. The maximum atomic E-state index is 9.31. The van der Waals surface area contributed by atoms with Gasteiger partial charge in [-0.05, 0) is 50.3 Å². The van der Waals surface area contributed by atoms with Crippen molar-refractivity contribution >= 4 is 0 Å². The van der Waals surface area contributed by atoms with E-state index in [-0.39, 0.29) is 6.10 Å². The van der Waals surface area contributed by atoms with E-state index in [1.54, 1.807) is 0 Å². The quantitative estimate of drug-likeness (QED) is 0.817. The summed E-state index contributed by atoms with van der Waals surface area (Å²) in [4.78, 5) is 0. The lowest BCUT2D eigenvalue weighted by Gasteiger charge is -2.17. The van der Waals surface area contributed by atoms with Crippen molar-refractivity contribution < 1.29 is 5.11 Å². The SMILES string of the molecule is Cc1cc(C)c2c(c1)CCC2NC[C@@H](C)O. The monoisotopic (exact) mass is 219 g/mol. The van der Waals surface area contributed by atoms with Crippen LogP contribution >= 0.6 is 0 Å². The molecule has 0 aromatic heterocycles. The van der Waals surface area contributed by atoms with Gasteiger partial charge >= 0.3 is 0 Å². The number of hydrogen-bond acceptors (Lipinski definition) is 2. The Labute approximate surface area is 97.7 Å². The second-order valence-corrected chi connectivity index (χ2v) is 5.00. The molecule has 0 amide bonds. The highest BCUT2D eigenvalue weighted by atomic mass is 16.3. The van der Waals surface area contributed by atoms with Gasteiger partial charge in [-0.15, -0.1) is 0 Å². The molecule has 0 aliphatic heterocycles. The Bertz CT molecular complexity index is 385. The van der Waals surface area contributed by atoms with Gasteiger partial charge in [0.05, 0.1) is 6.10 Å². The van der Waals surface area contributed by atoms with Gasteiger partial charge in [0, 0.05) is 12.6 Å². The molecule has 88 valence electrons. The van der Waals surface area contributed by atoms with Crippen LogP contribution in [-0.2, 0) is 6.42 Å². The lowest BCUT2D eigenvalue weighted by molar-refractivity contribution is 0.186. The normalized spacial score (nSPS) is 20.9. The second-order valence-electron chi connectivity index (χ2n) is 5.00. The minimum atomic E-state index is -0.269. The van der Waals surface area contributed by atoms with Gasteiger partial charge in [0.2, 0.25) is 0 Å². The van der Waals surface area contributed by atoms with E-state index in [1.807, 2.05) is 6.92 Å². The smallest absolute Gasteiger partial charge is 0.0636 e. The summed E-state index contributed by atoms with van der Waals surface area (Å²) in [5, 5.41) is 12.8. The van der Waals surface area contributed by atoms with Gasteiger partial charge in [-0.1, -0.05) is 17.7 Å². The van der Waals surface area contributed by atoms with E-state index in [2.05, 4.69) is 31.3 Å². The fourth-order valence-electron chi connectivity index (χ4n) is 2.73. The first-order valence-corrected chi connectivity index (χ1v) is 6.09. The zero-order valence-electron chi connectivity index (χ0n) is 10.4. The Hall–Kier alpha value is -0.860. The molecule has 2 N–H and O–H groups in total. The number of benzene rings is 1. The van der Waals surface area contributed by atoms with Gasteiger partial charge in [-0.3, -0.25) is 0 Å². The van der Waals surface area contributed by atoms with Crippen molar-refractivity contribution in [2.75, 3.05) is 6.54 Å². The Morgan fingerprint density at radius 1 is 1.44 bits per heavy atom. The Kier molecular flexibility index (Phi) is 3.31. The topological polar surface area (TPSA) is 32.3 Å². The van der Waals surface area contributed by atoms with Crippen molar-refractivity contribution in [3.63, 3.8) is 0 Å². The third-order valence-electron chi connectivity index (χ3n) is 3.33. The van der Waals surface area contributed by atoms with Crippen molar-refractivity contribution in [1.82, 2.24) is 5.32 Å². The Balaban J connectivity index is 2.19. The molecule has 0 saturated carbocycles. The van der Waals surface area contributed by atoms with Gasteiger partial charge in [-0.25, -0.2) is 0 Å². The molecule has 2 heteroatoms. The zero-order valence-corrected chi connectivity index (χ0v) is 10.4. The van der Waals surface area contributed by atoms with Crippen LogP contribution in [0.4, 0.5) is 0 Å². The average molecular weight is 219 g/mol. The molecular weight excluding hydrogens is 198 g/mol. The highest BCUT2D eigenvalue weighted by molar-refractivity contribution is 5.43. The summed E-state index contributed by atoms with van der Waals surface area (Å²) < 4.78 is 0. The van der Waals surface area contributed by atoms with E-state index in [4.69, 9.17) is 0 Å². The number of aryl methyl sites for hydroxylation is 3. The number of aliphatic hydroxyl groups is 1. The lowest BCUT2D eigenvalue weighted by atomic mass is 9.99. The maximum Gasteiger partial charge on any atom is 0.0636 e. The van der Waals surface area contributed by atoms with Crippen LogP contribution in [0, 0.1) is 13.8 Å². The highest BCUT2D eigenvalue weighted by Gasteiger charge is 2.24. The molecule has 0 bridgehead atoms. The van der Waals surface area contributed by atoms with Crippen LogP contribution < -0.4 is 5.32 Å². The zero-order chi connectivity index (χ0) is 11.7. The highest BCUT2D eigenvalue weighted by Crippen LogP contribution is 2.34. The second kappa shape index (κ2) is 4.56. The first kappa shape index (κ1) is 11.6. The van der Waals surface area contributed by atoms with Gasteiger partial charge in [0.15, 0.2) is 0 Å². The van der Waals surface area contributed by atoms with E-state index in [1.165, 1.54) is 22.3 Å². The van der Waals surface area contributed by atoms with Crippen molar-refractivity contribution in [2.24, 2.45) is 0 Å². The van der Waals surface area contributed by atoms with Crippen LogP contribution in [0.25, 0.3) is 0 Å². The van der Waals surface area contributed by atoms with Gasteiger partial charge < -0.3 is 10.4 Å². The Morgan fingerprint density at radius 2 is 2.19 bits per heavy atom. The number of fused-ring (bicyclic) bond motifs is 1. The molecule has 0 radical (unpaired) electrons. The third-order valence-corrected chi connectivity index (χ3v) is 3.33. The van der Waals surface area contributed by atoms with Crippen molar-refractivity contribution in [3.8, 4) is 0 Å². The number of nitrogens with one attached hydrogen (secondary N) is 1. The first-order valence-electron chi connectivity index (χ1n) is 6.09. The lowest BCUT2D eigenvalue weighted by Crippen LogP contribution is -2.27. The minimum absolute atomic E-state index is 0.269. The van der Waals surface area contributed by atoms with Crippen molar-refractivity contribution in [2.45, 2.75) is 45.8 Å². The molecule has 1 aliphatic carbocycles. The number of rotatable bonds is 3. The van der Waals surface area contributed by atoms with Crippen molar-refractivity contribution in [1.29, 1.82) is 0 Å². The molecular formula is C14H21NO.